The third kappa shape index (κ3) is 4.96. The molecule has 0 spiro atoms. The van der Waals surface area contributed by atoms with Crippen LogP contribution in [-0.4, -0.2) is 6.03 Å². The Morgan fingerprint density at radius 3 is 1.30 bits per heavy atom. The lowest BCUT2D eigenvalue weighted by atomic mass is 10.3. The monoisotopic (exact) mass is 491 g/mol. The fourth-order valence-electron chi connectivity index (χ4n) is 3.84. The van der Waals surface area contributed by atoms with E-state index in [0.29, 0.717) is 11.1 Å². The third-order valence-corrected chi connectivity index (χ3v) is 10.1. The van der Waals surface area contributed by atoms with E-state index in [1.54, 1.807) is 0 Å². The summed E-state index contributed by atoms with van der Waals surface area (Å²) in [7, 11) is -2.63. The summed E-state index contributed by atoms with van der Waals surface area (Å²) in [6, 6.07) is 39.0. The summed E-state index contributed by atoms with van der Waals surface area (Å²) < 4.78 is 0.0168. The molecule has 0 aliphatic carbocycles. The molecule has 0 aliphatic rings. The van der Waals surface area contributed by atoms with Crippen molar-refractivity contribution in [3.63, 3.8) is 0 Å². The zero-order valence-corrected chi connectivity index (χ0v) is 20.1. The van der Waals surface area contributed by atoms with E-state index < -0.39 is 13.3 Å². The number of hydrogen-bond acceptors (Lipinski definition) is 1. The number of halogens is 2. The zero-order chi connectivity index (χ0) is 23.1. The Kier molecular flexibility index (Phi) is 7.47. The van der Waals surface area contributed by atoms with Crippen LogP contribution in [0.25, 0.3) is 0 Å². The SMILES string of the molecule is O=C(NC(=C(Cl)Cl)[P+](c1ccccc1)(c1ccccc1)c1ccccc1)Nc1ccccc1. The average molecular weight is 492 g/mol. The van der Waals surface area contributed by atoms with Gasteiger partial charge in [0.05, 0.1) is 0 Å². The highest BCUT2D eigenvalue weighted by atomic mass is 35.5. The Labute approximate surface area is 204 Å². The van der Waals surface area contributed by atoms with E-state index in [4.69, 9.17) is 23.2 Å². The summed E-state index contributed by atoms with van der Waals surface area (Å²) in [5.74, 6) is 0. The highest BCUT2D eigenvalue weighted by Crippen LogP contribution is 2.62. The van der Waals surface area contributed by atoms with Crippen LogP contribution in [0.15, 0.2) is 131 Å². The maximum atomic E-state index is 13.1. The molecule has 4 aromatic rings. The molecule has 0 heterocycles. The molecule has 4 rings (SSSR count). The quantitative estimate of drug-likeness (QED) is 0.300. The first-order valence-electron chi connectivity index (χ1n) is 10.4. The smallest absolute Gasteiger partial charge is 0.308 e. The largest absolute Gasteiger partial charge is 0.326 e. The van der Waals surface area contributed by atoms with Crippen LogP contribution in [0.4, 0.5) is 10.5 Å². The summed E-state index contributed by atoms with van der Waals surface area (Å²) in [4.78, 5) is 13.1. The molecule has 4 aromatic carbocycles. The van der Waals surface area contributed by atoms with Crippen molar-refractivity contribution in [2.45, 2.75) is 0 Å². The first-order valence-corrected chi connectivity index (χ1v) is 12.9. The number of hydrogen-bond donors (Lipinski definition) is 2. The van der Waals surface area contributed by atoms with Gasteiger partial charge in [0.1, 0.15) is 15.9 Å². The molecule has 0 aromatic heterocycles. The number of benzene rings is 4. The van der Waals surface area contributed by atoms with Crippen LogP contribution < -0.4 is 26.5 Å². The molecule has 0 atom stereocenters. The van der Waals surface area contributed by atoms with Gasteiger partial charge in [0.2, 0.25) is 5.44 Å². The van der Waals surface area contributed by atoms with Crippen molar-refractivity contribution in [2.24, 2.45) is 0 Å². The van der Waals surface area contributed by atoms with Gasteiger partial charge in [-0.2, -0.15) is 0 Å². The first-order chi connectivity index (χ1) is 16.1. The Hall–Kier alpha value is -3.10. The normalized spacial score (nSPS) is 10.8. The summed E-state index contributed by atoms with van der Waals surface area (Å²) in [6.07, 6.45) is 0. The number of nitrogens with one attached hydrogen (secondary N) is 2. The molecule has 0 saturated heterocycles. The van der Waals surface area contributed by atoms with Crippen LogP contribution in [0.5, 0.6) is 0 Å². The molecule has 2 N–H and O–H groups in total. The lowest BCUT2D eigenvalue weighted by Gasteiger charge is -2.29. The van der Waals surface area contributed by atoms with Gasteiger partial charge in [0, 0.05) is 5.69 Å². The van der Waals surface area contributed by atoms with Crippen LogP contribution in [0.1, 0.15) is 0 Å². The number of para-hydroxylation sites is 1. The van der Waals surface area contributed by atoms with E-state index in [1.165, 1.54) is 0 Å². The molecule has 164 valence electrons. The van der Waals surface area contributed by atoms with E-state index in [2.05, 4.69) is 47.0 Å². The van der Waals surface area contributed by atoms with Crippen LogP contribution in [0.3, 0.4) is 0 Å². The van der Waals surface area contributed by atoms with Crippen molar-refractivity contribution in [1.29, 1.82) is 0 Å². The molecule has 6 heteroatoms. The molecule has 0 bridgehead atoms. The molecule has 33 heavy (non-hydrogen) atoms. The standard InChI is InChI=1S/C27H21Cl2N2OP/c28-25(29)26(31-27(32)30-21-13-5-1-6-14-21)33(22-15-7-2-8-16-22,23-17-9-3-10-18-23)24-19-11-4-12-20-24/h1-20H,(H-,30,31,32)/p+1. The van der Waals surface area contributed by atoms with Crippen LogP contribution >= 0.6 is 30.5 Å². The predicted octanol–water partition coefficient (Wildman–Crippen LogP) is 6.41. The maximum absolute atomic E-state index is 13.1. The van der Waals surface area contributed by atoms with Crippen LogP contribution in [0, 0.1) is 0 Å². The van der Waals surface area contributed by atoms with E-state index in [1.807, 2.05) is 84.9 Å². The van der Waals surface area contributed by atoms with Crippen molar-refractivity contribution >= 4 is 58.1 Å². The average Bonchev–Trinajstić information content (AvgIpc) is 2.86. The van der Waals surface area contributed by atoms with Crippen LogP contribution in [0.2, 0.25) is 0 Å². The second-order valence-electron chi connectivity index (χ2n) is 7.23. The Bertz CT molecular complexity index is 1130. The summed E-state index contributed by atoms with van der Waals surface area (Å²) in [5.41, 5.74) is 1.14. The minimum atomic E-state index is -2.63. The lowest BCUT2D eigenvalue weighted by molar-refractivity contribution is 0.255. The van der Waals surface area contributed by atoms with Crippen molar-refractivity contribution in [3.8, 4) is 0 Å². The molecular formula is C27H22Cl2N2OP+. The van der Waals surface area contributed by atoms with E-state index >= 15 is 0 Å². The second kappa shape index (κ2) is 10.7. The number of rotatable bonds is 6. The molecular weight excluding hydrogens is 470 g/mol. The Morgan fingerprint density at radius 1 is 0.576 bits per heavy atom. The molecule has 0 radical (unpaired) electrons. The number of carbonyl (C=O) groups excluding carboxylic acids is 1. The van der Waals surface area contributed by atoms with Crippen LogP contribution in [-0.2, 0) is 0 Å². The van der Waals surface area contributed by atoms with E-state index in [9.17, 15) is 4.79 Å². The summed E-state index contributed by atoms with van der Waals surface area (Å²) in [6.45, 7) is 0. The second-order valence-corrected chi connectivity index (χ2v) is 11.5. The Balaban J connectivity index is 1.92. The fourth-order valence-corrected chi connectivity index (χ4v) is 8.74. The van der Waals surface area contributed by atoms with Crippen molar-refractivity contribution in [2.75, 3.05) is 5.32 Å². The minimum absolute atomic E-state index is 0.0168. The third-order valence-electron chi connectivity index (χ3n) is 5.21. The van der Waals surface area contributed by atoms with Gasteiger partial charge in [-0.05, 0) is 48.5 Å². The fraction of sp³-hybridized carbons (Fsp3) is 0. The van der Waals surface area contributed by atoms with Gasteiger partial charge in [0.25, 0.3) is 0 Å². The van der Waals surface area contributed by atoms with E-state index in [0.717, 1.165) is 15.9 Å². The highest BCUT2D eigenvalue weighted by molar-refractivity contribution is 7.99. The molecule has 2 amide bonds. The number of amides is 2. The van der Waals surface area contributed by atoms with Gasteiger partial charge in [-0.15, -0.1) is 0 Å². The molecule has 3 nitrogen and oxygen atoms in total. The number of urea groups is 1. The van der Waals surface area contributed by atoms with Crippen molar-refractivity contribution in [3.05, 3.63) is 131 Å². The highest BCUT2D eigenvalue weighted by Gasteiger charge is 2.52. The first kappa shape index (κ1) is 23.1. The number of carbonyl (C=O) groups is 1. The maximum Gasteiger partial charge on any atom is 0.326 e. The molecule has 0 fully saturated rings. The van der Waals surface area contributed by atoms with Gasteiger partial charge in [0.15, 0.2) is 11.8 Å². The topological polar surface area (TPSA) is 41.1 Å². The zero-order valence-electron chi connectivity index (χ0n) is 17.7. The minimum Gasteiger partial charge on any atom is -0.308 e. The molecule has 0 saturated carbocycles. The summed E-state index contributed by atoms with van der Waals surface area (Å²) >= 11 is 13.1. The van der Waals surface area contributed by atoms with E-state index in [-0.39, 0.29) is 4.49 Å². The predicted molar refractivity (Wildman–Crippen MR) is 142 cm³/mol. The molecule has 0 unspecified atom stereocenters. The Morgan fingerprint density at radius 2 is 0.939 bits per heavy atom. The van der Waals surface area contributed by atoms with Gasteiger partial charge in [-0.1, -0.05) is 96.0 Å². The molecule has 0 aliphatic heterocycles. The lowest BCUT2D eigenvalue weighted by Crippen LogP contribution is -2.39. The van der Waals surface area contributed by atoms with Gasteiger partial charge >= 0.3 is 6.03 Å². The van der Waals surface area contributed by atoms with Gasteiger partial charge in [-0.3, -0.25) is 5.32 Å². The van der Waals surface area contributed by atoms with Crippen molar-refractivity contribution < 1.29 is 4.79 Å². The number of anilines is 1. The summed E-state index contributed by atoms with van der Waals surface area (Å²) in [5, 5.41) is 8.96. The van der Waals surface area contributed by atoms with Gasteiger partial charge < -0.3 is 5.32 Å². The van der Waals surface area contributed by atoms with Crippen molar-refractivity contribution in [1.82, 2.24) is 5.32 Å². The van der Waals surface area contributed by atoms with Gasteiger partial charge in [-0.25, -0.2) is 4.79 Å².